The molecule has 0 spiro atoms. The number of para-hydroxylation sites is 1. The van der Waals surface area contributed by atoms with Crippen molar-refractivity contribution in [2.75, 3.05) is 4.90 Å². The number of allylic oxidation sites excluding steroid dienone is 1. The molecule has 0 saturated carbocycles. The Bertz CT molecular complexity index is 1320. The van der Waals surface area contributed by atoms with Crippen molar-refractivity contribution in [3.05, 3.63) is 83.0 Å². The Hall–Kier alpha value is -3.93. The van der Waals surface area contributed by atoms with Gasteiger partial charge in [-0.25, -0.2) is 13.8 Å². The molecular formula is C21H18F2N6O3S. The van der Waals surface area contributed by atoms with Crippen LogP contribution in [0.5, 0.6) is 0 Å². The molecule has 1 N–H and O–H groups in total. The zero-order chi connectivity index (χ0) is 23.6. The Morgan fingerprint density at radius 3 is 2.58 bits per heavy atom. The molecule has 0 radical (unpaired) electrons. The summed E-state index contributed by atoms with van der Waals surface area (Å²) in [5.41, 5.74) is 1.47. The first-order valence-corrected chi connectivity index (χ1v) is 11.2. The van der Waals surface area contributed by atoms with E-state index in [9.17, 15) is 17.8 Å². The molecule has 1 aliphatic rings. The van der Waals surface area contributed by atoms with E-state index in [0.717, 1.165) is 0 Å². The van der Waals surface area contributed by atoms with E-state index in [1.54, 1.807) is 36.4 Å². The molecular weight excluding hydrogens is 454 g/mol. The molecule has 0 bridgehead atoms. The lowest BCUT2D eigenvalue weighted by Gasteiger charge is -2.28. The highest BCUT2D eigenvalue weighted by Crippen LogP contribution is 2.25. The molecule has 33 heavy (non-hydrogen) atoms. The average Bonchev–Trinajstić information content (AvgIpc) is 3.31. The Balaban J connectivity index is 1.59. The zero-order valence-electron chi connectivity index (χ0n) is 17.3. The number of hydrogen-bond acceptors (Lipinski definition) is 7. The number of carbonyl (C=O) groups is 1. The molecule has 4 rings (SSSR count). The highest BCUT2D eigenvalue weighted by atomic mass is 32.2. The maximum absolute atomic E-state index is 13.3. The summed E-state index contributed by atoms with van der Waals surface area (Å²) in [7, 11) is -3.02. The van der Waals surface area contributed by atoms with E-state index in [1.807, 2.05) is 6.07 Å². The van der Waals surface area contributed by atoms with Crippen molar-refractivity contribution in [3.63, 3.8) is 0 Å². The van der Waals surface area contributed by atoms with Gasteiger partial charge >= 0.3 is 12.5 Å². The SMILES string of the molecule is CC1=CN(C(=O)N(Cc2ccc(-c3nnc(C(F)F)o3)cn2)c2ccccc2)C=CS1(=N)=O. The summed E-state index contributed by atoms with van der Waals surface area (Å²) < 4.78 is 50.2. The Morgan fingerprint density at radius 2 is 1.97 bits per heavy atom. The van der Waals surface area contributed by atoms with Gasteiger partial charge in [0.2, 0.25) is 5.89 Å². The molecule has 0 fully saturated rings. The normalized spacial score (nSPS) is 17.8. The van der Waals surface area contributed by atoms with Gasteiger partial charge in [0, 0.05) is 34.6 Å². The van der Waals surface area contributed by atoms with Gasteiger partial charge in [0.15, 0.2) is 0 Å². The van der Waals surface area contributed by atoms with Gasteiger partial charge < -0.3 is 4.42 Å². The average molecular weight is 472 g/mol. The minimum Gasteiger partial charge on any atom is -0.415 e. The topological polar surface area (TPSA) is 116 Å². The van der Waals surface area contributed by atoms with Crippen molar-refractivity contribution in [1.29, 1.82) is 4.78 Å². The first kappa shape index (κ1) is 22.3. The maximum Gasteiger partial charge on any atom is 0.333 e. The Kier molecular flexibility index (Phi) is 6.01. The third-order valence-electron chi connectivity index (χ3n) is 4.75. The summed E-state index contributed by atoms with van der Waals surface area (Å²) >= 11 is 0. The number of nitrogens with zero attached hydrogens (tertiary/aromatic N) is 5. The standard InChI is InChI=1S/C21H18F2N6O3S/c1-14-12-28(9-10-33(14,24)31)21(30)29(17-5-3-2-4-6-17)13-16-8-7-15(11-25-16)19-26-27-20(32-19)18(22)23/h2-12,18,24H,13H2,1H3. The summed E-state index contributed by atoms with van der Waals surface area (Å²) in [5.74, 6) is -0.858. The van der Waals surface area contributed by atoms with Crippen LogP contribution in [-0.2, 0) is 16.3 Å². The largest absolute Gasteiger partial charge is 0.415 e. The van der Waals surface area contributed by atoms with Crippen LogP contribution in [0.25, 0.3) is 11.5 Å². The van der Waals surface area contributed by atoms with Crippen LogP contribution in [0.3, 0.4) is 0 Å². The number of benzene rings is 1. The number of anilines is 1. The number of alkyl halides is 2. The molecule has 0 aliphatic carbocycles. The third kappa shape index (κ3) is 4.80. The minimum absolute atomic E-state index is 0.0848. The highest BCUT2D eigenvalue weighted by molar-refractivity contribution is 7.99. The van der Waals surface area contributed by atoms with Gasteiger partial charge in [-0.2, -0.15) is 8.78 Å². The number of amides is 2. The molecule has 2 aromatic heterocycles. The second-order valence-corrected chi connectivity index (χ2v) is 9.14. The number of hydrogen-bond donors (Lipinski definition) is 1. The predicted molar refractivity (Wildman–Crippen MR) is 116 cm³/mol. The fourth-order valence-corrected chi connectivity index (χ4v) is 3.74. The lowest BCUT2D eigenvalue weighted by molar-refractivity contribution is 0.116. The Morgan fingerprint density at radius 1 is 1.21 bits per heavy atom. The van der Waals surface area contributed by atoms with Crippen molar-refractivity contribution in [1.82, 2.24) is 20.1 Å². The van der Waals surface area contributed by atoms with Gasteiger partial charge in [-0.1, -0.05) is 18.2 Å². The van der Waals surface area contributed by atoms with E-state index < -0.39 is 28.1 Å². The van der Waals surface area contributed by atoms with Gasteiger partial charge in [-0.05, 0) is 31.2 Å². The van der Waals surface area contributed by atoms with E-state index in [1.165, 1.54) is 40.7 Å². The second-order valence-electron chi connectivity index (χ2n) is 7.02. The van der Waals surface area contributed by atoms with Crippen LogP contribution in [0.2, 0.25) is 0 Å². The Labute approximate surface area is 188 Å². The molecule has 3 aromatic rings. The van der Waals surface area contributed by atoms with Crippen LogP contribution in [0.1, 0.15) is 24.9 Å². The maximum atomic E-state index is 13.3. The molecule has 9 nitrogen and oxygen atoms in total. The van der Waals surface area contributed by atoms with Gasteiger partial charge in [0.25, 0.3) is 5.89 Å². The zero-order valence-corrected chi connectivity index (χ0v) is 18.1. The third-order valence-corrected chi connectivity index (χ3v) is 6.32. The molecule has 12 heteroatoms. The van der Waals surface area contributed by atoms with Crippen molar-refractivity contribution >= 4 is 21.4 Å². The lowest BCUT2D eigenvalue weighted by atomic mass is 10.2. The number of halogens is 2. The molecule has 1 aromatic carbocycles. The lowest BCUT2D eigenvalue weighted by Crippen LogP contribution is -2.39. The molecule has 3 heterocycles. The van der Waals surface area contributed by atoms with Gasteiger partial charge in [-0.15, -0.1) is 10.2 Å². The van der Waals surface area contributed by atoms with Crippen molar-refractivity contribution in [2.45, 2.75) is 19.9 Å². The van der Waals surface area contributed by atoms with Gasteiger partial charge in [0.1, 0.15) is 0 Å². The van der Waals surface area contributed by atoms with Crippen molar-refractivity contribution in [3.8, 4) is 11.5 Å². The molecule has 170 valence electrons. The van der Waals surface area contributed by atoms with Crippen molar-refractivity contribution < 1.29 is 22.2 Å². The van der Waals surface area contributed by atoms with Crippen LogP contribution in [-0.4, -0.2) is 30.3 Å². The number of rotatable bonds is 5. The quantitative estimate of drug-likeness (QED) is 0.565. The molecule has 0 saturated heterocycles. The van der Waals surface area contributed by atoms with Gasteiger partial charge in [0.05, 0.1) is 27.5 Å². The molecule has 2 amide bonds. The fourth-order valence-electron chi connectivity index (χ4n) is 2.96. The molecule has 1 aliphatic heterocycles. The fraction of sp³-hybridized carbons (Fsp3) is 0.143. The second kappa shape index (κ2) is 8.90. The highest BCUT2D eigenvalue weighted by Gasteiger charge is 2.24. The molecule has 1 atom stereocenters. The van der Waals surface area contributed by atoms with Crippen LogP contribution in [0, 0.1) is 4.78 Å². The van der Waals surface area contributed by atoms with E-state index in [2.05, 4.69) is 15.2 Å². The van der Waals surface area contributed by atoms with E-state index in [4.69, 9.17) is 9.20 Å². The minimum atomic E-state index is -3.02. The number of pyridine rings is 1. The number of carbonyl (C=O) groups excluding carboxylic acids is 1. The number of aromatic nitrogens is 3. The van der Waals surface area contributed by atoms with Crippen LogP contribution < -0.4 is 4.90 Å². The smallest absolute Gasteiger partial charge is 0.333 e. The van der Waals surface area contributed by atoms with E-state index in [-0.39, 0.29) is 17.3 Å². The summed E-state index contributed by atoms with van der Waals surface area (Å²) in [6.07, 6.45) is 1.22. The monoisotopic (exact) mass is 472 g/mol. The van der Waals surface area contributed by atoms with Crippen LogP contribution >= 0.6 is 0 Å². The van der Waals surface area contributed by atoms with E-state index in [0.29, 0.717) is 16.9 Å². The predicted octanol–water partition coefficient (Wildman–Crippen LogP) is 4.89. The summed E-state index contributed by atoms with van der Waals surface area (Å²) in [6.45, 7) is 1.62. The van der Waals surface area contributed by atoms with Crippen LogP contribution in [0.15, 0.2) is 75.8 Å². The first-order chi connectivity index (χ1) is 15.7. The van der Waals surface area contributed by atoms with Gasteiger partial charge in [-0.3, -0.25) is 14.8 Å². The summed E-state index contributed by atoms with van der Waals surface area (Å²) in [4.78, 5) is 20.6. The summed E-state index contributed by atoms with van der Waals surface area (Å²) in [6, 6.07) is 11.7. The van der Waals surface area contributed by atoms with Crippen LogP contribution in [0.4, 0.5) is 19.3 Å². The molecule has 1 unspecified atom stereocenters. The summed E-state index contributed by atoms with van der Waals surface area (Å²) in [5, 5.41) is 8.08. The number of nitrogens with one attached hydrogen (secondary N) is 1. The van der Waals surface area contributed by atoms with Crippen molar-refractivity contribution in [2.24, 2.45) is 0 Å². The number of urea groups is 1. The first-order valence-electron chi connectivity index (χ1n) is 9.62. The van der Waals surface area contributed by atoms with E-state index >= 15 is 0 Å².